The summed E-state index contributed by atoms with van der Waals surface area (Å²) in [5, 5.41) is 13.6. The van der Waals surface area contributed by atoms with Gasteiger partial charge in [0, 0.05) is 23.7 Å². The second-order valence-corrected chi connectivity index (χ2v) is 7.45. The smallest absolute Gasteiger partial charge is 0.0614 e. The summed E-state index contributed by atoms with van der Waals surface area (Å²) in [6, 6.07) is 2.09. The highest BCUT2D eigenvalue weighted by Gasteiger charge is 2.44. The Labute approximate surface area is 123 Å². The van der Waals surface area contributed by atoms with Crippen LogP contribution in [0.3, 0.4) is 0 Å². The Hall–Kier alpha value is -0.160. The molecule has 4 nitrogen and oxygen atoms in total. The van der Waals surface area contributed by atoms with E-state index in [9.17, 15) is 5.11 Å². The van der Waals surface area contributed by atoms with E-state index in [1.165, 1.54) is 45.2 Å². The normalized spacial score (nSPS) is 36.9. The molecule has 116 valence electrons. The van der Waals surface area contributed by atoms with E-state index >= 15 is 0 Å². The van der Waals surface area contributed by atoms with E-state index in [0.717, 1.165) is 18.9 Å². The first-order chi connectivity index (χ1) is 9.62. The Morgan fingerprint density at radius 2 is 1.85 bits per heavy atom. The fourth-order valence-electron chi connectivity index (χ4n) is 4.13. The maximum absolute atomic E-state index is 9.85. The largest absolute Gasteiger partial charge is 0.394 e. The van der Waals surface area contributed by atoms with E-state index in [1.807, 2.05) is 0 Å². The predicted molar refractivity (Wildman–Crippen MR) is 81.9 cm³/mol. The Morgan fingerprint density at radius 3 is 2.45 bits per heavy atom. The Bertz CT molecular complexity index is 326. The standard InChI is InChI=1S/C16H31N3O/c1-18-9-6-14(7-10-18)19(2)15-5-8-16(11-15,12-20)17-13-3-4-13/h13-15,17,20H,3-12H2,1-2H3. The van der Waals surface area contributed by atoms with Crippen molar-refractivity contribution >= 4 is 0 Å². The predicted octanol–water partition coefficient (Wildman–Crippen LogP) is 1.05. The lowest BCUT2D eigenvalue weighted by Crippen LogP contribution is -2.50. The van der Waals surface area contributed by atoms with Crippen LogP contribution in [0, 0.1) is 0 Å². The molecule has 1 heterocycles. The van der Waals surface area contributed by atoms with Gasteiger partial charge < -0.3 is 20.2 Å². The van der Waals surface area contributed by atoms with Crippen molar-refractivity contribution in [1.82, 2.24) is 15.1 Å². The first-order valence-electron chi connectivity index (χ1n) is 8.41. The van der Waals surface area contributed by atoms with Gasteiger partial charge in [0.1, 0.15) is 0 Å². The highest BCUT2D eigenvalue weighted by atomic mass is 16.3. The number of rotatable bonds is 5. The average Bonchev–Trinajstić information content (AvgIpc) is 3.16. The fourth-order valence-corrected chi connectivity index (χ4v) is 4.13. The monoisotopic (exact) mass is 281 g/mol. The highest BCUT2D eigenvalue weighted by Crippen LogP contribution is 2.37. The van der Waals surface area contributed by atoms with Crippen LogP contribution in [-0.2, 0) is 0 Å². The van der Waals surface area contributed by atoms with Crippen LogP contribution in [0.5, 0.6) is 0 Å². The molecule has 0 aromatic rings. The minimum atomic E-state index is 0.0194. The maximum Gasteiger partial charge on any atom is 0.0614 e. The van der Waals surface area contributed by atoms with E-state index in [4.69, 9.17) is 0 Å². The molecule has 1 aliphatic heterocycles. The molecular weight excluding hydrogens is 250 g/mol. The molecule has 2 atom stereocenters. The van der Waals surface area contributed by atoms with Crippen LogP contribution in [0.1, 0.15) is 44.9 Å². The van der Waals surface area contributed by atoms with Crippen molar-refractivity contribution in [2.75, 3.05) is 33.8 Å². The van der Waals surface area contributed by atoms with Gasteiger partial charge in [-0.15, -0.1) is 0 Å². The van der Waals surface area contributed by atoms with Gasteiger partial charge >= 0.3 is 0 Å². The summed E-state index contributed by atoms with van der Waals surface area (Å²) in [5.74, 6) is 0. The van der Waals surface area contributed by atoms with Gasteiger partial charge in [0.05, 0.1) is 6.61 Å². The van der Waals surface area contributed by atoms with Crippen molar-refractivity contribution in [3.63, 3.8) is 0 Å². The molecule has 3 fully saturated rings. The number of piperidine rings is 1. The number of nitrogens with zero attached hydrogens (tertiary/aromatic N) is 2. The SMILES string of the molecule is CN1CCC(N(C)C2CCC(CO)(NC3CC3)C2)CC1. The molecule has 0 bridgehead atoms. The van der Waals surface area contributed by atoms with Crippen molar-refractivity contribution in [2.45, 2.75) is 68.6 Å². The molecule has 2 N–H and O–H groups in total. The second-order valence-electron chi connectivity index (χ2n) is 7.45. The molecular formula is C16H31N3O. The van der Waals surface area contributed by atoms with Gasteiger partial charge in [0.2, 0.25) is 0 Å². The van der Waals surface area contributed by atoms with E-state index < -0.39 is 0 Å². The van der Waals surface area contributed by atoms with Gasteiger partial charge in [-0.05, 0) is 72.1 Å². The maximum atomic E-state index is 9.85. The van der Waals surface area contributed by atoms with Crippen molar-refractivity contribution in [2.24, 2.45) is 0 Å². The van der Waals surface area contributed by atoms with Gasteiger partial charge in [-0.2, -0.15) is 0 Å². The molecule has 4 heteroatoms. The second kappa shape index (κ2) is 5.91. The van der Waals surface area contributed by atoms with Crippen LogP contribution in [0.15, 0.2) is 0 Å². The van der Waals surface area contributed by atoms with Crippen LogP contribution in [-0.4, -0.2) is 72.4 Å². The van der Waals surface area contributed by atoms with Crippen molar-refractivity contribution in [1.29, 1.82) is 0 Å². The average molecular weight is 281 g/mol. The highest BCUT2D eigenvalue weighted by molar-refractivity contribution is 5.03. The van der Waals surface area contributed by atoms with Crippen LogP contribution >= 0.6 is 0 Å². The van der Waals surface area contributed by atoms with Crippen molar-refractivity contribution in [3.05, 3.63) is 0 Å². The molecule has 3 rings (SSSR count). The quantitative estimate of drug-likeness (QED) is 0.790. The summed E-state index contributed by atoms with van der Waals surface area (Å²) in [7, 11) is 4.54. The third-order valence-electron chi connectivity index (χ3n) is 5.81. The first-order valence-corrected chi connectivity index (χ1v) is 8.41. The van der Waals surface area contributed by atoms with Crippen molar-refractivity contribution < 1.29 is 5.11 Å². The lowest BCUT2D eigenvalue weighted by Gasteiger charge is -2.39. The molecule has 0 amide bonds. The molecule has 0 aromatic heterocycles. The number of hydrogen-bond donors (Lipinski definition) is 2. The summed E-state index contributed by atoms with van der Waals surface area (Å²) in [5.41, 5.74) is 0.0194. The minimum absolute atomic E-state index is 0.0194. The van der Waals surface area contributed by atoms with Crippen LogP contribution in [0.4, 0.5) is 0 Å². The molecule has 0 radical (unpaired) electrons. The number of aliphatic hydroxyl groups is 1. The van der Waals surface area contributed by atoms with Gasteiger partial charge in [0.25, 0.3) is 0 Å². The molecule has 2 saturated carbocycles. The molecule has 0 spiro atoms. The molecule has 2 unspecified atom stereocenters. The summed E-state index contributed by atoms with van der Waals surface area (Å²) in [4.78, 5) is 5.06. The summed E-state index contributed by atoms with van der Waals surface area (Å²) >= 11 is 0. The Balaban J connectivity index is 1.55. The molecule has 2 aliphatic carbocycles. The molecule has 3 aliphatic rings. The zero-order valence-electron chi connectivity index (χ0n) is 13.1. The van der Waals surface area contributed by atoms with Gasteiger partial charge in [-0.3, -0.25) is 0 Å². The zero-order chi connectivity index (χ0) is 14.2. The zero-order valence-corrected chi connectivity index (χ0v) is 13.1. The van der Waals surface area contributed by atoms with Crippen molar-refractivity contribution in [3.8, 4) is 0 Å². The topological polar surface area (TPSA) is 38.7 Å². The van der Waals surface area contributed by atoms with E-state index in [2.05, 4.69) is 29.2 Å². The molecule has 0 aromatic carbocycles. The van der Waals surface area contributed by atoms with E-state index in [-0.39, 0.29) is 5.54 Å². The van der Waals surface area contributed by atoms with E-state index in [0.29, 0.717) is 18.7 Å². The number of hydrogen-bond acceptors (Lipinski definition) is 4. The molecule has 1 saturated heterocycles. The summed E-state index contributed by atoms with van der Waals surface area (Å²) in [6.07, 6.45) is 8.71. The lowest BCUT2D eigenvalue weighted by atomic mass is 9.97. The van der Waals surface area contributed by atoms with Crippen LogP contribution in [0.25, 0.3) is 0 Å². The van der Waals surface area contributed by atoms with E-state index in [1.54, 1.807) is 0 Å². The van der Waals surface area contributed by atoms with Gasteiger partial charge in [-0.25, -0.2) is 0 Å². The van der Waals surface area contributed by atoms with Gasteiger partial charge in [0.15, 0.2) is 0 Å². The Kier molecular flexibility index (Phi) is 4.37. The summed E-state index contributed by atoms with van der Waals surface area (Å²) in [6.45, 7) is 2.77. The summed E-state index contributed by atoms with van der Waals surface area (Å²) < 4.78 is 0. The first kappa shape index (κ1) is 14.8. The fraction of sp³-hybridized carbons (Fsp3) is 1.00. The Morgan fingerprint density at radius 1 is 1.15 bits per heavy atom. The lowest BCUT2D eigenvalue weighted by molar-refractivity contribution is 0.0968. The van der Waals surface area contributed by atoms with Crippen LogP contribution < -0.4 is 5.32 Å². The third-order valence-corrected chi connectivity index (χ3v) is 5.81. The van der Waals surface area contributed by atoms with Gasteiger partial charge in [-0.1, -0.05) is 0 Å². The number of likely N-dealkylation sites (tertiary alicyclic amines) is 1. The minimum Gasteiger partial charge on any atom is -0.394 e. The molecule has 20 heavy (non-hydrogen) atoms. The number of aliphatic hydroxyl groups excluding tert-OH is 1. The number of nitrogens with one attached hydrogen (secondary N) is 1. The third kappa shape index (κ3) is 3.19. The van der Waals surface area contributed by atoms with Crippen LogP contribution in [0.2, 0.25) is 0 Å².